The van der Waals surface area contributed by atoms with Gasteiger partial charge in [0.15, 0.2) is 0 Å². The van der Waals surface area contributed by atoms with Crippen molar-refractivity contribution in [2.24, 2.45) is 24.3 Å². The lowest BCUT2D eigenvalue weighted by atomic mass is 10.1. The fraction of sp³-hybridized carbons (Fsp3) is 0.400. The zero-order valence-electron chi connectivity index (χ0n) is 18.4. The van der Waals surface area contributed by atoms with Crippen LogP contribution in [0.25, 0.3) is 5.69 Å². The molecule has 11 heteroatoms. The van der Waals surface area contributed by atoms with E-state index in [2.05, 4.69) is 25.7 Å². The van der Waals surface area contributed by atoms with Crippen molar-refractivity contribution in [2.75, 3.05) is 0 Å². The lowest BCUT2D eigenvalue weighted by Gasteiger charge is -2.13. The fourth-order valence-electron chi connectivity index (χ4n) is 3.12. The summed E-state index contributed by atoms with van der Waals surface area (Å²) in [6, 6.07) is 5.61. The molecular formula is C20H25ClN8O2. The van der Waals surface area contributed by atoms with E-state index in [-0.39, 0.29) is 12.3 Å². The second kappa shape index (κ2) is 9.25. The summed E-state index contributed by atoms with van der Waals surface area (Å²) in [5, 5.41) is 21.1. The number of benzene rings is 1. The van der Waals surface area contributed by atoms with E-state index < -0.39 is 0 Å². The van der Waals surface area contributed by atoms with Crippen LogP contribution >= 0.6 is 11.6 Å². The normalized spacial score (nSPS) is 12.5. The van der Waals surface area contributed by atoms with E-state index in [0.717, 1.165) is 22.4 Å². The van der Waals surface area contributed by atoms with E-state index in [1.807, 2.05) is 39.8 Å². The summed E-state index contributed by atoms with van der Waals surface area (Å²) < 4.78 is 9.96. The first-order valence-electron chi connectivity index (χ1n) is 9.75. The van der Waals surface area contributed by atoms with Crippen LogP contribution in [0.1, 0.15) is 42.7 Å². The summed E-state index contributed by atoms with van der Waals surface area (Å²) in [4.78, 5) is 12.3. The SMILES string of the molecule is CC/C(=N/N=C(C)c1c(C)nn(C)c1Cl)OCc1c(C)cccc1-n1nnn(C)c1=O. The highest BCUT2D eigenvalue weighted by molar-refractivity contribution is 6.33. The molecule has 2 heterocycles. The topological polar surface area (TPSA) is 104 Å². The molecule has 2 aromatic heterocycles. The van der Waals surface area contributed by atoms with Gasteiger partial charge in [0.1, 0.15) is 11.8 Å². The van der Waals surface area contributed by atoms with Crippen LogP contribution in [0, 0.1) is 13.8 Å². The second-order valence-corrected chi connectivity index (χ2v) is 7.42. The summed E-state index contributed by atoms with van der Waals surface area (Å²) in [5.74, 6) is 0.456. The van der Waals surface area contributed by atoms with Gasteiger partial charge in [-0.2, -0.15) is 19.6 Å². The molecule has 0 aliphatic rings. The predicted octanol–water partition coefficient (Wildman–Crippen LogP) is 2.72. The fourth-order valence-corrected chi connectivity index (χ4v) is 3.43. The number of halogens is 1. The Labute approximate surface area is 184 Å². The van der Waals surface area contributed by atoms with Gasteiger partial charge < -0.3 is 4.74 Å². The Bertz CT molecular complexity index is 1220. The molecule has 0 radical (unpaired) electrons. The van der Waals surface area contributed by atoms with Gasteiger partial charge in [-0.3, -0.25) is 4.68 Å². The number of hydrogen-bond donors (Lipinski definition) is 0. The Morgan fingerprint density at radius 2 is 1.90 bits per heavy atom. The average Bonchev–Trinajstić information content (AvgIpc) is 3.20. The molecule has 31 heavy (non-hydrogen) atoms. The maximum atomic E-state index is 12.3. The van der Waals surface area contributed by atoms with Gasteiger partial charge >= 0.3 is 5.69 Å². The van der Waals surface area contributed by atoms with Crippen molar-refractivity contribution >= 4 is 23.2 Å². The van der Waals surface area contributed by atoms with Crippen LogP contribution in [0.5, 0.6) is 0 Å². The third-order valence-electron chi connectivity index (χ3n) is 4.85. The molecule has 0 fully saturated rings. The monoisotopic (exact) mass is 444 g/mol. The van der Waals surface area contributed by atoms with Crippen molar-refractivity contribution in [3.63, 3.8) is 0 Å². The highest BCUT2D eigenvalue weighted by Gasteiger charge is 2.15. The van der Waals surface area contributed by atoms with Crippen molar-refractivity contribution < 1.29 is 4.74 Å². The van der Waals surface area contributed by atoms with Crippen molar-refractivity contribution in [2.45, 2.75) is 40.7 Å². The number of nitrogens with zero attached hydrogens (tertiary/aromatic N) is 8. The van der Waals surface area contributed by atoms with E-state index in [4.69, 9.17) is 16.3 Å². The van der Waals surface area contributed by atoms with E-state index in [0.29, 0.717) is 28.9 Å². The maximum Gasteiger partial charge on any atom is 0.368 e. The number of aryl methyl sites for hydroxylation is 4. The molecule has 0 saturated carbocycles. The minimum atomic E-state index is -0.333. The Hall–Kier alpha value is -3.27. The largest absolute Gasteiger partial charge is 0.475 e. The van der Waals surface area contributed by atoms with Crippen LogP contribution in [0.15, 0.2) is 33.2 Å². The second-order valence-electron chi connectivity index (χ2n) is 7.07. The van der Waals surface area contributed by atoms with Crippen LogP contribution in [0.2, 0.25) is 5.15 Å². The zero-order chi connectivity index (χ0) is 22.7. The van der Waals surface area contributed by atoms with Gasteiger partial charge in [0.2, 0.25) is 5.90 Å². The molecule has 0 atom stereocenters. The quantitative estimate of drug-likeness (QED) is 0.330. The number of ether oxygens (including phenoxy) is 1. The van der Waals surface area contributed by atoms with Crippen LogP contribution in [0.3, 0.4) is 0 Å². The van der Waals surface area contributed by atoms with Gasteiger partial charge in [-0.25, -0.2) is 4.79 Å². The molecule has 0 aliphatic carbocycles. The smallest absolute Gasteiger partial charge is 0.368 e. The first-order valence-corrected chi connectivity index (χ1v) is 10.1. The highest BCUT2D eigenvalue weighted by atomic mass is 35.5. The summed E-state index contributed by atoms with van der Waals surface area (Å²) in [6.45, 7) is 7.78. The summed E-state index contributed by atoms with van der Waals surface area (Å²) in [5.41, 5.74) is 4.24. The Balaban J connectivity index is 1.86. The van der Waals surface area contributed by atoms with E-state index in [1.54, 1.807) is 24.8 Å². The highest BCUT2D eigenvalue weighted by Crippen LogP contribution is 2.20. The van der Waals surface area contributed by atoms with Gasteiger partial charge in [0.25, 0.3) is 0 Å². The Morgan fingerprint density at radius 1 is 1.16 bits per heavy atom. The minimum absolute atomic E-state index is 0.207. The van der Waals surface area contributed by atoms with Gasteiger partial charge in [0.05, 0.1) is 22.7 Å². The summed E-state index contributed by atoms with van der Waals surface area (Å²) in [7, 11) is 3.33. The number of aromatic nitrogens is 6. The van der Waals surface area contributed by atoms with Crippen LogP contribution in [-0.4, -0.2) is 41.2 Å². The zero-order valence-corrected chi connectivity index (χ0v) is 19.2. The average molecular weight is 445 g/mol. The molecule has 0 unspecified atom stereocenters. The molecule has 0 saturated heterocycles. The number of rotatable bonds is 6. The molecule has 3 rings (SSSR count). The van der Waals surface area contributed by atoms with Crippen molar-refractivity contribution in [1.82, 2.24) is 29.6 Å². The standard InChI is InChI=1S/C20H25ClN8O2/c1-7-17(23-22-13(3)18-14(4)24-27(5)19(18)21)31-11-15-12(2)9-8-10-16(15)29-20(30)28(6)25-26-29/h8-10H,7,11H2,1-6H3/b22-13?,23-17-. The van der Waals surface area contributed by atoms with E-state index >= 15 is 0 Å². The lowest BCUT2D eigenvalue weighted by molar-refractivity contribution is 0.282. The van der Waals surface area contributed by atoms with Crippen LogP contribution < -0.4 is 5.69 Å². The Morgan fingerprint density at radius 3 is 2.48 bits per heavy atom. The molecule has 0 amide bonds. The summed E-state index contributed by atoms with van der Waals surface area (Å²) >= 11 is 6.31. The maximum absolute atomic E-state index is 12.3. The van der Waals surface area contributed by atoms with Gasteiger partial charge in [-0.15, -0.1) is 5.10 Å². The first kappa shape index (κ1) is 22.4. The van der Waals surface area contributed by atoms with Crippen molar-refractivity contribution in [3.8, 4) is 5.69 Å². The molecule has 1 aromatic carbocycles. The van der Waals surface area contributed by atoms with Crippen LogP contribution in [0.4, 0.5) is 0 Å². The van der Waals surface area contributed by atoms with Gasteiger partial charge in [0, 0.05) is 26.1 Å². The molecule has 0 spiro atoms. The number of hydrogen-bond acceptors (Lipinski definition) is 7. The first-order chi connectivity index (χ1) is 14.7. The van der Waals surface area contributed by atoms with Crippen molar-refractivity contribution in [3.05, 3.63) is 56.2 Å². The summed E-state index contributed by atoms with van der Waals surface area (Å²) in [6.07, 6.45) is 0.544. The third-order valence-corrected chi connectivity index (χ3v) is 5.28. The minimum Gasteiger partial charge on any atom is -0.475 e. The van der Waals surface area contributed by atoms with E-state index in [9.17, 15) is 4.79 Å². The molecule has 0 aliphatic heterocycles. The van der Waals surface area contributed by atoms with Gasteiger partial charge in [-0.1, -0.05) is 30.7 Å². The molecule has 164 valence electrons. The van der Waals surface area contributed by atoms with Crippen LogP contribution in [-0.2, 0) is 25.4 Å². The van der Waals surface area contributed by atoms with Crippen molar-refractivity contribution in [1.29, 1.82) is 0 Å². The molecule has 0 N–H and O–H groups in total. The predicted molar refractivity (Wildman–Crippen MR) is 119 cm³/mol. The Kier molecular flexibility index (Phi) is 6.69. The van der Waals surface area contributed by atoms with E-state index in [1.165, 1.54) is 9.36 Å². The molecule has 0 bridgehead atoms. The lowest BCUT2D eigenvalue weighted by Crippen LogP contribution is -2.23. The molecule has 3 aromatic rings. The molecule has 10 nitrogen and oxygen atoms in total. The number of tetrazole rings is 1. The third kappa shape index (κ3) is 4.58. The molecular weight excluding hydrogens is 420 g/mol. The van der Waals surface area contributed by atoms with Gasteiger partial charge in [-0.05, 0) is 42.8 Å².